The smallest absolute Gasteiger partial charge is 0.225 e. The summed E-state index contributed by atoms with van der Waals surface area (Å²) in [6.45, 7) is 3.00. The van der Waals surface area contributed by atoms with Crippen LogP contribution in [0.2, 0.25) is 4.34 Å². The predicted octanol–water partition coefficient (Wildman–Crippen LogP) is 2.55. The van der Waals surface area contributed by atoms with E-state index in [1.54, 1.807) is 0 Å². The van der Waals surface area contributed by atoms with Crippen molar-refractivity contribution in [2.24, 2.45) is 5.92 Å². The first kappa shape index (κ1) is 16.7. The molecule has 1 aliphatic heterocycles. The molecule has 7 heteroatoms. The maximum absolute atomic E-state index is 12.3. The monoisotopic (exact) mass is 355 g/mol. The zero-order chi connectivity index (χ0) is 16.4. The van der Waals surface area contributed by atoms with Gasteiger partial charge in [0, 0.05) is 32.0 Å². The van der Waals surface area contributed by atoms with E-state index in [9.17, 15) is 9.59 Å². The van der Waals surface area contributed by atoms with Gasteiger partial charge in [0.2, 0.25) is 11.8 Å². The summed E-state index contributed by atoms with van der Waals surface area (Å²) in [6.07, 6.45) is 5.60. The highest BCUT2D eigenvalue weighted by Crippen LogP contribution is 2.29. The molecule has 1 aromatic rings. The van der Waals surface area contributed by atoms with Crippen LogP contribution >= 0.6 is 22.9 Å². The minimum absolute atomic E-state index is 0.0155. The lowest BCUT2D eigenvalue weighted by Gasteiger charge is -2.23. The molecule has 5 nitrogen and oxygen atoms in total. The number of hydrogen-bond donors (Lipinski definition) is 1. The van der Waals surface area contributed by atoms with E-state index in [4.69, 9.17) is 11.6 Å². The molecule has 2 fully saturated rings. The molecule has 1 aromatic heterocycles. The maximum atomic E-state index is 12.3. The Kier molecular flexibility index (Phi) is 5.21. The summed E-state index contributed by atoms with van der Waals surface area (Å²) in [4.78, 5) is 30.7. The topological polar surface area (TPSA) is 62.3 Å². The van der Waals surface area contributed by atoms with E-state index in [1.807, 2.05) is 11.8 Å². The van der Waals surface area contributed by atoms with E-state index in [0.717, 1.165) is 23.5 Å². The summed E-state index contributed by atoms with van der Waals surface area (Å²) in [5, 5.41) is 3.87. The van der Waals surface area contributed by atoms with Crippen LogP contribution < -0.4 is 5.32 Å². The number of nitrogens with one attached hydrogen (secondary N) is 1. The number of aromatic nitrogens is 1. The SMILES string of the molecule is Cc1nc(CCNC(=O)[C@@H]2CC(=O)N(C3CCCC3)C2)sc1Cl. The number of likely N-dealkylation sites (tertiary alicyclic amines) is 1. The minimum Gasteiger partial charge on any atom is -0.355 e. The first-order valence-corrected chi connectivity index (χ1v) is 9.43. The molecule has 0 aromatic carbocycles. The van der Waals surface area contributed by atoms with Gasteiger partial charge in [-0.2, -0.15) is 0 Å². The van der Waals surface area contributed by atoms with Crippen molar-refractivity contribution < 1.29 is 9.59 Å². The third-order valence-electron chi connectivity index (χ3n) is 4.72. The predicted molar refractivity (Wildman–Crippen MR) is 90.7 cm³/mol. The highest BCUT2D eigenvalue weighted by Gasteiger charge is 2.38. The van der Waals surface area contributed by atoms with E-state index in [2.05, 4.69) is 10.3 Å². The lowest BCUT2D eigenvalue weighted by Crippen LogP contribution is -2.37. The Labute approximate surface area is 145 Å². The largest absolute Gasteiger partial charge is 0.355 e. The molecule has 0 bridgehead atoms. The van der Waals surface area contributed by atoms with Crippen LogP contribution in [0.4, 0.5) is 0 Å². The van der Waals surface area contributed by atoms with Crippen molar-refractivity contribution >= 4 is 34.8 Å². The number of nitrogens with zero attached hydrogens (tertiary/aromatic N) is 2. The van der Waals surface area contributed by atoms with Gasteiger partial charge in [0.05, 0.1) is 16.6 Å². The Morgan fingerprint density at radius 3 is 2.83 bits per heavy atom. The van der Waals surface area contributed by atoms with Gasteiger partial charge in [-0.05, 0) is 19.8 Å². The minimum atomic E-state index is -0.204. The fourth-order valence-electron chi connectivity index (χ4n) is 3.45. The van der Waals surface area contributed by atoms with Gasteiger partial charge in [0.15, 0.2) is 0 Å². The van der Waals surface area contributed by atoms with Gasteiger partial charge in [-0.25, -0.2) is 4.98 Å². The van der Waals surface area contributed by atoms with Crippen LogP contribution in [-0.2, 0) is 16.0 Å². The van der Waals surface area contributed by atoms with E-state index in [1.165, 1.54) is 24.2 Å². The van der Waals surface area contributed by atoms with Crippen molar-refractivity contribution in [1.29, 1.82) is 0 Å². The van der Waals surface area contributed by atoms with Gasteiger partial charge < -0.3 is 10.2 Å². The molecule has 2 heterocycles. The Bertz CT molecular complexity index is 579. The van der Waals surface area contributed by atoms with Crippen molar-refractivity contribution in [2.45, 2.75) is 51.5 Å². The number of hydrogen-bond acceptors (Lipinski definition) is 4. The van der Waals surface area contributed by atoms with Crippen LogP contribution in [0.25, 0.3) is 0 Å². The third-order valence-corrected chi connectivity index (χ3v) is 6.23. The number of rotatable bonds is 5. The molecule has 3 rings (SSSR count). The molecule has 1 atom stereocenters. The van der Waals surface area contributed by atoms with Crippen LogP contribution in [0.3, 0.4) is 0 Å². The fraction of sp³-hybridized carbons (Fsp3) is 0.688. The Morgan fingerprint density at radius 2 is 2.17 bits per heavy atom. The molecule has 1 saturated carbocycles. The Hall–Kier alpha value is -1.14. The summed E-state index contributed by atoms with van der Waals surface area (Å²) in [7, 11) is 0. The van der Waals surface area contributed by atoms with Gasteiger partial charge in [0.1, 0.15) is 4.34 Å². The number of carbonyl (C=O) groups excluding carboxylic acids is 2. The molecule has 1 N–H and O–H groups in total. The molecule has 1 saturated heterocycles. The second-order valence-electron chi connectivity index (χ2n) is 6.39. The van der Waals surface area contributed by atoms with E-state index >= 15 is 0 Å². The molecule has 126 valence electrons. The average molecular weight is 356 g/mol. The molecular weight excluding hydrogens is 334 g/mol. The van der Waals surface area contributed by atoms with Crippen molar-refractivity contribution in [2.75, 3.05) is 13.1 Å². The van der Waals surface area contributed by atoms with Crippen molar-refractivity contribution in [3.63, 3.8) is 0 Å². The summed E-state index contributed by atoms with van der Waals surface area (Å²) >= 11 is 7.45. The van der Waals surface area contributed by atoms with Crippen molar-refractivity contribution in [1.82, 2.24) is 15.2 Å². The summed E-state index contributed by atoms with van der Waals surface area (Å²) in [6, 6.07) is 0.362. The maximum Gasteiger partial charge on any atom is 0.225 e. The van der Waals surface area contributed by atoms with Crippen LogP contribution in [0, 0.1) is 12.8 Å². The van der Waals surface area contributed by atoms with Crippen LogP contribution in [0.1, 0.15) is 42.8 Å². The van der Waals surface area contributed by atoms with Crippen LogP contribution in [0.5, 0.6) is 0 Å². The third kappa shape index (κ3) is 3.86. The van der Waals surface area contributed by atoms with E-state index in [0.29, 0.717) is 36.3 Å². The molecule has 0 radical (unpaired) electrons. The summed E-state index contributed by atoms with van der Waals surface area (Å²) in [5.74, 6) is -0.0812. The normalized spacial score (nSPS) is 22.1. The van der Waals surface area contributed by atoms with Crippen molar-refractivity contribution in [3.8, 4) is 0 Å². The number of amides is 2. The van der Waals surface area contributed by atoms with Crippen LogP contribution in [0.15, 0.2) is 0 Å². The van der Waals surface area contributed by atoms with Gasteiger partial charge in [0.25, 0.3) is 0 Å². The molecule has 23 heavy (non-hydrogen) atoms. The number of carbonyl (C=O) groups is 2. The molecule has 1 aliphatic carbocycles. The molecule has 0 spiro atoms. The quantitative estimate of drug-likeness (QED) is 0.882. The standard InChI is InChI=1S/C16H22ClN3O2S/c1-10-15(17)23-13(19-10)6-7-18-16(22)11-8-14(21)20(9-11)12-4-2-3-5-12/h11-12H,2-9H2,1H3,(H,18,22)/t11-/m1/s1. The van der Waals surface area contributed by atoms with Gasteiger partial charge in [-0.15, -0.1) is 11.3 Å². The van der Waals surface area contributed by atoms with E-state index < -0.39 is 0 Å². The first-order chi connectivity index (χ1) is 11.0. The number of aryl methyl sites for hydroxylation is 1. The lowest BCUT2D eigenvalue weighted by molar-refractivity contribution is -0.130. The van der Waals surface area contributed by atoms with Crippen LogP contribution in [-0.4, -0.2) is 40.8 Å². The van der Waals surface area contributed by atoms with Crippen molar-refractivity contribution in [3.05, 3.63) is 15.0 Å². The Balaban J connectivity index is 1.46. The number of halogens is 1. The summed E-state index contributed by atoms with van der Waals surface area (Å²) < 4.78 is 0.708. The van der Waals surface area contributed by atoms with E-state index in [-0.39, 0.29) is 17.7 Å². The second kappa shape index (κ2) is 7.18. The Morgan fingerprint density at radius 1 is 1.43 bits per heavy atom. The zero-order valence-electron chi connectivity index (χ0n) is 13.3. The van der Waals surface area contributed by atoms with Gasteiger partial charge >= 0.3 is 0 Å². The average Bonchev–Trinajstić information content (AvgIpc) is 3.21. The summed E-state index contributed by atoms with van der Waals surface area (Å²) in [5.41, 5.74) is 0.839. The molecular formula is C16H22ClN3O2S. The lowest BCUT2D eigenvalue weighted by atomic mass is 10.1. The highest BCUT2D eigenvalue weighted by molar-refractivity contribution is 7.16. The van der Waals surface area contributed by atoms with Gasteiger partial charge in [-0.3, -0.25) is 9.59 Å². The molecule has 0 unspecified atom stereocenters. The van der Waals surface area contributed by atoms with Gasteiger partial charge in [-0.1, -0.05) is 24.4 Å². The molecule has 2 aliphatic rings. The second-order valence-corrected chi connectivity index (χ2v) is 8.08. The fourth-order valence-corrected chi connectivity index (χ4v) is 4.55. The first-order valence-electron chi connectivity index (χ1n) is 8.23. The highest BCUT2D eigenvalue weighted by atomic mass is 35.5. The number of thiazole rings is 1. The zero-order valence-corrected chi connectivity index (χ0v) is 14.9. The molecule has 2 amide bonds.